The highest BCUT2D eigenvalue weighted by atomic mass is 16.6. The summed E-state index contributed by atoms with van der Waals surface area (Å²) in [5.74, 6) is 4.61. The van der Waals surface area contributed by atoms with Crippen LogP contribution >= 0.6 is 0 Å². The number of methoxy groups -OCH3 is 6. The normalized spacial score (nSPS) is 17.3. The van der Waals surface area contributed by atoms with Gasteiger partial charge in [-0.05, 0) is 122 Å². The first-order chi connectivity index (χ1) is 28.7. The van der Waals surface area contributed by atoms with E-state index in [9.17, 15) is 4.79 Å². The van der Waals surface area contributed by atoms with E-state index >= 15 is 0 Å². The predicted octanol–water partition coefficient (Wildman–Crippen LogP) is 8.40. The van der Waals surface area contributed by atoms with Gasteiger partial charge in [0.1, 0.15) is 5.75 Å². The van der Waals surface area contributed by atoms with E-state index in [2.05, 4.69) is 54.2 Å². The highest BCUT2D eigenvalue weighted by Crippen LogP contribution is 2.52. The number of esters is 1. The number of carbonyl (C=O) groups excluding carboxylic acids is 1. The number of benzene rings is 5. The molecular formula is C47H50N2O10. The van der Waals surface area contributed by atoms with Crippen LogP contribution in [-0.4, -0.2) is 85.6 Å². The second kappa shape index (κ2) is 16.6. The van der Waals surface area contributed by atoms with Crippen LogP contribution in [-0.2, 0) is 25.7 Å². The van der Waals surface area contributed by atoms with Gasteiger partial charge < -0.3 is 42.6 Å². The Morgan fingerprint density at radius 2 is 1.15 bits per heavy atom. The lowest BCUT2D eigenvalue weighted by Crippen LogP contribution is -2.34. The molecule has 9 rings (SSSR count). The van der Waals surface area contributed by atoms with Gasteiger partial charge in [0, 0.05) is 30.7 Å². The van der Waals surface area contributed by atoms with E-state index in [4.69, 9.17) is 42.6 Å². The highest BCUT2D eigenvalue weighted by Gasteiger charge is 2.35. The average Bonchev–Trinajstić information content (AvgIpc) is 3.25. The number of hydrogen-bond donors (Lipinski definition) is 0. The zero-order valence-electron chi connectivity index (χ0n) is 34.8. The summed E-state index contributed by atoms with van der Waals surface area (Å²) in [6.45, 7) is 1.71. The lowest BCUT2D eigenvalue weighted by molar-refractivity contribution is 0.0729. The van der Waals surface area contributed by atoms with Gasteiger partial charge in [-0.2, -0.15) is 0 Å². The van der Waals surface area contributed by atoms with Crippen molar-refractivity contribution in [2.24, 2.45) is 0 Å². The summed E-state index contributed by atoms with van der Waals surface area (Å²) < 4.78 is 54.3. The minimum absolute atomic E-state index is 0.0792. The van der Waals surface area contributed by atoms with Gasteiger partial charge in [-0.25, -0.2) is 4.79 Å². The van der Waals surface area contributed by atoms with E-state index in [1.54, 1.807) is 39.5 Å². The third-order valence-electron chi connectivity index (χ3n) is 11.7. The van der Waals surface area contributed by atoms with E-state index in [1.165, 1.54) is 32.5 Å². The number of carbonyl (C=O) groups is 1. The Hall–Kier alpha value is -6.11. The van der Waals surface area contributed by atoms with E-state index in [0.717, 1.165) is 54.6 Å². The van der Waals surface area contributed by atoms with Crippen molar-refractivity contribution in [1.29, 1.82) is 0 Å². The average molecular weight is 803 g/mol. The highest BCUT2D eigenvalue weighted by molar-refractivity contribution is 5.93. The van der Waals surface area contributed by atoms with Crippen LogP contribution in [0, 0.1) is 0 Å². The molecule has 12 heteroatoms. The van der Waals surface area contributed by atoms with Crippen LogP contribution in [0.15, 0.2) is 72.8 Å². The van der Waals surface area contributed by atoms with Gasteiger partial charge in [0.2, 0.25) is 11.5 Å². The van der Waals surface area contributed by atoms with Crippen LogP contribution in [0.5, 0.6) is 63.2 Å². The largest absolute Gasteiger partial charge is 0.493 e. The second-order valence-corrected chi connectivity index (χ2v) is 15.0. The van der Waals surface area contributed by atoms with Gasteiger partial charge in [-0.3, -0.25) is 9.80 Å². The minimum atomic E-state index is -0.620. The molecule has 0 aromatic heterocycles. The van der Waals surface area contributed by atoms with Crippen molar-refractivity contribution in [3.05, 3.63) is 112 Å². The van der Waals surface area contributed by atoms with Crippen LogP contribution < -0.4 is 42.6 Å². The fourth-order valence-corrected chi connectivity index (χ4v) is 8.55. The third kappa shape index (κ3) is 7.54. The molecule has 0 N–H and O–H groups in total. The molecule has 4 aliphatic heterocycles. The van der Waals surface area contributed by atoms with E-state index in [-0.39, 0.29) is 23.4 Å². The number of likely N-dealkylation sites (N-methyl/N-ethyl adjacent to an activating group) is 2. The Bertz CT molecular complexity index is 2350. The number of ether oxygens (including phenoxy) is 9. The van der Waals surface area contributed by atoms with Gasteiger partial charge in [-0.15, -0.1) is 0 Å². The van der Waals surface area contributed by atoms with Crippen LogP contribution in [0.2, 0.25) is 0 Å². The molecule has 6 bridgehead atoms. The molecule has 308 valence electrons. The van der Waals surface area contributed by atoms with Gasteiger partial charge >= 0.3 is 5.97 Å². The van der Waals surface area contributed by atoms with Crippen LogP contribution in [0.25, 0.3) is 0 Å². The second-order valence-electron chi connectivity index (χ2n) is 15.0. The molecule has 12 nitrogen and oxygen atoms in total. The molecule has 5 aromatic carbocycles. The van der Waals surface area contributed by atoms with E-state index < -0.39 is 5.97 Å². The molecule has 0 radical (unpaired) electrons. The van der Waals surface area contributed by atoms with Crippen molar-refractivity contribution in [3.63, 3.8) is 0 Å². The van der Waals surface area contributed by atoms with Crippen molar-refractivity contribution >= 4 is 5.97 Å². The van der Waals surface area contributed by atoms with E-state index in [1.807, 2.05) is 24.3 Å². The van der Waals surface area contributed by atoms with Crippen molar-refractivity contribution in [3.8, 4) is 63.2 Å². The molecule has 0 unspecified atom stereocenters. The zero-order chi connectivity index (χ0) is 41.4. The fourth-order valence-electron chi connectivity index (χ4n) is 8.55. The van der Waals surface area contributed by atoms with Gasteiger partial charge in [0.25, 0.3) is 0 Å². The van der Waals surface area contributed by atoms with Gasteiger partial charge in [0.05, 0.1) is 48.2 Å². The molecule has 0 aliphatic carbocycles. The van der Waals surface area contributed by atoms with Crippen LogP contribution in [0.1, 0.15) is 55.8 Å². The summed E-state index contributed by atoms with van der Waals surface area (Å²) in [7, 11) is 13.8. The molecular weight excluding hydrogens is 753 g/mol. The number of fused-ring (bicyclic) bond motifs is 2. The molecule has 0 spiro atoms. The third-order valence-corrected chi connectivity index (χ3v) is 11.7. The summed E-state index contributed by atoms with van der Waals surface area (Å²) in [4.78, 5) is 18.5. The summed E-state index contributed by atoms with van der Waals surface area (Å²) in [5.41, 5.74) is 6.84. The maximum atomic E-state index is 13.8. The van der Waals surface area contributed by atoms with Crippen molar-refractivity contribution in [2.45, 2.75) is 37.8 Å². The summed E-state index contributed by atoms with van der Waals surface area (Å²) in [6, 6.07) is 23.1. The molecule has 0 amide bonds. The van der Waals surface area contributed by atoms with Crippen LogP contribution in [0.4, 0.5) is 0 Å². The quantitative estimate of drug-likeness (QED) is 0.111. The lowest BCUT2D eigenvalue weighted by Gasteiger charge is -2.37. The van der Waals surface area contributed by atoms with Crippen LogP contribution in [0.3, 0.4) is 0 Å². The molecule has 0 saturated carbocycles. The molecule has 0 saturated heterocycles. The smallest absolute Gasteiger partial charge is 0.343 e. The summed E-state index contributed by atoms with van der Waals surface area (Å²) in [6.07, 6.45) is 3.00. The first kappa shape index (κ1) is 39.7. The van der Waals surface area contributed by atoms with Gasteiger partial charge in [-0.1, -0.05) is 18.2 Å². The molecule has 59 heavy (non-hydrogen) atoms. The Morgan fingerprint density at radius 1 is 0.576 bits per heavy atom. The predicted molar refractivity (Wildman–Crippen MR) is 222 cm³/mol. The number of nitrogens with zero attached hydrogens (tertiary/aromatic N) is 2. The maximum absolute atomic E-state index is 13.8. The molecule has 4 aliphatic rings. The Labute approximate surface area is 345 Å². The first-order valence-electron chi connectivity index (χ1n) is 19.7. The fraction of sp³-hybridized carbons (Fsp3) is 0.340. The monoisotopic (exact) mass is 802 g/mol. The Kier molecular flexibility index (Phi) is 11.2. The SMILES string of the molecule is COc1cc2c3cc1Oc1c(OC)c(OC)cc4c1[C@@H](Cc1ccc(OC(=O)c5cc(OC)c(OC)c(OC)c5)c(c1)Oc1ccc(cc1)C[C@@H]3N(C)CC2)N(C)CC4. The molecule has 2 atom stereocenters. The standard InChI is InChI=1S/C47H50N2O10/c1-48-17-15-29-22-37(51-3)39-26-33(29)34(48)19-27-9-12-32(13-10-27)57-38-21-28(11-14-36(38)59-47(50)31-24-40(52-4)44(55-7)41(25-31)53-5)20-35-43-30(16-18-49(35)2)23-42(54-6)45(56-8)46(43)58-39/h9-14,21-26,34-35H,15-20H2,1-8H3/t34-,35+/m0/s1. The Balaban J connectivity index is 1.27. The van der Waals surface area contributed by atoms with Crippen molar-refractivity contribution in [1.82, 2.24) is 9.80 Å². The molecule has 0 fully saturated rings. The van der Waals surface area contributed by atoms with E-state index in [0.29, 0.717) is 63.9 Å². The summed E-state index contributed by atoms with van der Waals surface area (Å²) in [5, 5.41) is 0. The lowest BCUT2D eigenvalue weighted by atomic mass is 9.87. The zero-order valence-corrected chi connectivity index (χ0v) is 34.8. The first-order valence-corrected chi connectivity index (χ1v) is 19.7. The van der Waals surface area contributed by atoms with Crippen molar-refractivity contribution in [2.75, 3.05) is 69.8 Å². The van der Waals surface area contributed by atoms with Crippen molar-refractivity contribution < 1.29 is 47.4 Å². The Morgan fingerprint density at radius 3 is 1.81 bits per heavy atom. The molecule has 5 aromatic rings. The topological polar surface area (TPSA) is 107 Å². The van der Waals surface area contributed by atoms with Gasteiger partial charge in [0.15, 0.2) is 46.0 Å². The minimum Gasteiger partial charge on any atom is -0.493 e. The summed E-state index contributed by atoms with van der Waals surface area (Å²) >= 11 is 0. The molecule has 4 heterocycles. The number of rotatable bonds is 8. The maximum Gasteiger partial charge on any atom is 0.343 e. The number of hydrogen-bond acceptors (Lipinski definition) is 12.